The van der Waals surface area contributed by atoms with Gasteiger partial charge in [0.05, 0.1) is 11.4 Å². The molecule has 0 bridgehead atoms. The van der Waals surface area contributed by atoms with Gasteiger partial charge in [-0.15, -0.1) is 0 Å². The number of amides is 3. The summed E-state index contributed by atoms with van der Waals surface area (Å²) in [7, 11) is 3.97. The molecule has 2 fully saturated rings. The molecule has 0 spiro atoms. The molecule has 4 rings (SSSR count). The summed E-state index contributed by atoms with van der Waals surface area (Å²) in [5, 5.41) is 5.72. The summed E-state index contributed by atoms with van der Waals surface area (Å²) in [5.41, 5.74) is 3.78. The molecular weight excluding hydrogens is 346 g/mol. The van der Waals surface area contributed by atoms with Gasteiger partial charge in [-0.1, -0.05) is 0 Å². The minimum Gasteiger partial charge on any atom is -0.376 e. The summed E-state index contributed by atoms with van der Waals surface area (Å²) in [6, 6.07) is 3.32. The Morgan fingerprint density at radius 1 is 1.11 bits per heavy atom. The third kappa shape index (κ3) is 3.03. The largest absolute Gasteiger partial charge is 0.376 e. The maximum atomic E-state index is 13.0. The SMILES string of the molecule is CN(C)c1c(N2CCNCC2)ccc2c1CN(C1CCC(=O)NC1=O)C2=O. The molecule has 8 nitrogen and oxygen atoms in total. The molecule has 0 aromatic heterocycles. The van der Waals surface area contributed by atoms with Crippen molar-refractivity contribution < 1.29 is 14.4 Å². The van der Waals surface area contributed by atoms with Crippen LogP contribution in [0.1, 0.15) is 28.8 Å². The van der Waals surface area contributed by atoms with Crippen molar-refractivity contribution in [1.29, 1.82) is 0 Å². The van der Waals surface area contributed by atoms with Gasteiger partial charge in [0, 0.05) is 64.4 Å². The van der Waals surface area contributed by atoms with E-state index < -0.39 is 6.04 Å². The van der Waals surface area contributed by atoms with Gasteiger partial charge in [-0.05, 0) is 18.6 Å². The van der Waals surface area contributed by atoms with E-state index in [1.54, 1.807) is 4.90 Å². The highest BCUT2D eigenvalue weighted by molar-refractivity contribution is 6.06. The van der Waals surface area contributed by atoms with E-state index in [0.29, 0.717) is 18.5 Å². The van der Waals surface area contributed by atoms with E-state index in [4.69, 9.17) is 0 Å². The Labute approximate surface area is 158 Å². The van der Waals surface area contributed by atoms with Gasteiger partial charge in [-0.2, -0.15) is 0 Å². The molecule has 1 unspecified atom stereocenters. The van der Waals surface area contributed by atoms with Gasteiger partial charge in [0.15, 0.2) is 0 Å². The van der Waals surface area contributed by atoms with Crippen molar-refractivity contribution >= 4 is 29.1 Å². The first-order valence-electron chi connectivity index (χ1n) is 9.41. The number of piperidine rings is 1. The van der Waals surface area contributed by atoms with Crippen LogP contribution in [0.5, 0.6) is 0 Å². The molecule has 1 atom stereocenters. The molecular formula is C19H25N5O3. The predicted molar refractivity (Wildman–Crippen MR) is 102 cm³/mol. The number of benzene rings is 1. The Morgan fingerprint density at radius 3 is 2.52 bits per heavy atom. The van der Waals surface area contributed by atoms with Crippen LogP contribution in [0, 0.1) is 0 Å². The number of nitrogens with zero attached hydrogens (tertiary/aromatic N) is 3. The van der Waals surface area contributed by atoms with Gasteiger partial charge in [0.2, 0.25) is 11.8 Å². The van der Waals surface area contributed by atoms with Gasteiger partial charge in [0.1, 0.15) is 6.04 Å². The number of anilines is 2. The molecule has 1 aromatic rings. The van der Waals surface area contributed by atoms with Gasteiger partial charge >= 0.3 is 0 Å². The maximum absolute atomic E-state index is 13.0. The smallest absolute Gasteiger partial charge is 0.255 e. The van der Waals surface area contributed by atoms with Crippen molar-refractivity contribution in [1.82, 2.24) is 15.5 Å². The van der Waals surface area contributed by atoms with Crippen LogP contribution in [0.15, 0.2) is 12.1 Å². The van der Waals surface area contributed by atoms with Crippen molar-refractivity contribution in [2.75, 3.05) is 50.1 Å². The van der Waals surface area contributed by atoms with Crippen LogP contribution in [0.25, 0.3) is 0 Å². The third-order valence-electron chi connectivity index (χ3n) is 5.57. The van der Waals surface area contributed by atoms with Crippen molar-refractivity contribution in [3.63, 3.8) is 0 Å². The molecule has 27 heavy (non-hydrogen) atoms. The minimum atomic E-state index is -0.583. The molecule has 1 aromatic carbocycles. The molecule has 0 aliphatic carbocycles. The zero-order valence-electron chi connectivity index (χ0n) is 15.7. The van der Waals surface area contributed by atoms with E-state index in [2.05, 4.69) is 20.4 Å². The molecule has 0 saturated carbocycles. The first kappa shape index (κ1) is 17.8. The van der Waals surface area contributed by atoms with Crippen LogP contribution in [0.2, 0.25) is 0 Å². The van der Waals surface area contributed by atoms with E-state index in [9.17, 15) is 14.4 Å². The highest BCUT2D eigenvalue weighted by atomic mass is 16.2. The summed E-state index contributed by atoms with van der Waals surface area (Å²) in [4.78, 5) is 42.7. The average Bonchev–Trinajstić information content (AvgIpc) is 2.98. The highest BCUT2D eigenvalue weighted by Gasteiger charge is 2.40. The lowest BCUT2D eigenvalue weighted by Gasteiger charge is -2.33. The van der Waals surface area contributed by atoms with Crippen molar-refractivity contribution in [3.8, 4) is 0 Å². The van der Waals surface area contributed by atoms with Gasteiger partial charge in [-0.3, -0.25) is 19.7 Å². The molecule has 3 amide bonds. The normalized spacial score (nSPS) is 22.7. The van der Waals surface area contributed by atoms with Gasteiger partial charge < -0.3 is 20.0 Å². The Morgan fingerprint density at radius 2 is 1.85 bits per heavy atom. The maximum Gasteiger partial charge on any atom is 0.255 e. The van der Waals surface area contributed by atoms with E-state index in [-0.39, 0.29) is 24.1 Å². The summed E-state index contributed by atoms with van der Waals surface area (Å²) in [6.07, 6.45) is 0.648. The van der Waals surface area contributed by atoms with Crippen LogP contribution in [-0.4, -0.2) is 68.9 Å². The van der Waals surface area contributed by atoms with E-state index in [1.807, 2.05) is 26.2 Å². The number of hydrogen-bond acceptors (Lipinski definition) is 6. The van der Waals surface area contributed by atoms with Crippen molar-refractivity contribution in [2.45, 2.75) is 25.4 Å². The zero-order chi connectivity index (χ0) is 19.1. The first-order chi connectivity index (χ1) is 13.0. The van der Waals surface area contributed by atoms with Crippen molar-refractivity contribution in [3.05, 3.63) is 23.3 Å². The predicted octanol–water partition coefficient (Wildman–Crippen LogP) is -0.0768. The van der Waals surface area contributed by atoms with Gasteiger partial charge in [-0.25, -0.2) is 0 Å². The number of rotatable bonds is 3. The van der Waals surface area contributed by atoms with Crippen LogP contribution >= 0.6 is 0 Å². The fourth-order valence-corrected chi connectivity index (χ4v) is 4.27. The summed E-state index contributed by atoms with van der Waals surface area (Å²) in [5.74, 6) is -0.772. The lowest BCUT2D eigenvalue weighted by atomic mass is 10.0. The Balaban J connectivity index is 1.69. The second-order valence-electron chi connectivity index (χ2n) is 7.49. The summed E-state index contributed by atoms with van der Waals surface area (Å²) >= 11 is 0. The Bertz CT molecular complexity index is 801. The number of carbonyl (C=O) groups excluding carboxylic acids is 3. The fourth-order valence-electron chi connectivity index (χ4n) is 4.27. The number of hydrogen-bond donors (Lipinski definition) is 2. The van der Waals surface area contributed by atoms with Crippen LogP contribution in [0.3, 0.4) is 0 Å². The Hall–Kier alpha value is -2.61. The Kier molecular flexibility index (Phi) is 4.51. The lowest BCUT2D eigenvalue weighted by molar-refractivity contribution is -0.136. The fraction of sp³-hybridized carbons (Fsp3) is 0.526. The first-order valence-corrected chi connectivity index (χ1v) is 9.41. The van der Waals surface area contributed by atoms with Crippen LogP contribution < -0.4 is 20.4 Å². The molecule has 3 heterocycles. The number of nitrogens with one attached hydrogen (secondary N) is 2. The molecule has 0 radical (unpaired) electrons. The van der Waals surface area contributed by atoms with E-state index in [0.717, 1.165) is 43.1 Å². The molecule has 2 saturated heterocycles. The second kappa shape index (κ2) is 6.84. The monoisotopic (exact) mass is 371 g/mol. The molecule has 8 heteroatoms. The topological polar surface area (TPSA) is 85.0 Å². The summed E-state index contributed by atoms with van der Waals surface area (Å²) < 4.78 is 0. The lowest BCUT2D eigenvalue weighted by Crippen LogP contribution is -2.52. The number of carbonyl (C=O) groups is 3. The quantitative estimate of drug-likeness (QED) is 0.724. The second-order valence-corrected chi connectivity index (χ2v) is 7.49. The third-order valence-corrected chi connectivity index (χ3v) is 5.57. The molecule has 144 valence electrons. The highest BCUT2D eigenvalue weighted by Crippen LogP contribution is 2.40. The number of fused-ring (bicyclic) bond motifs is 1. The molecule has 3 aliphatic heterocycles. The standard InChI is InChI=1S/C19H25N5O3/c1-22(2)17-13-11-24(15-5-6-16(25)21-18(15)26)19(27)12(13)3-4-14(17)23-9-7-20-8-10-23/h3-4,15,20H,5-11H2,1-2H3,(H,21,25,26). The van der Waals surface area contributed by atoms with Crippen LogP contribution in [-0.2, 0) is 16.1 Å². The van der Waals surface area contributed by atoms with Crippen LogP contribution in [0.4, 0.5) is 11.4 Å². The molecule has 2 N–H and O–H groups in total. The molecule has 3 aliphatic rings. The van der Waals surface area contributed by atoms with E-state index >= 15 is 0 Å². The zero-order valence-corrected chi connectivity index (χ0v) is 15.7. The average molecular weight is 371 g/mol. The number of imide groups is 1. The summed E-state index contributed by atoms with van der Waals surface area (Å²) in [6.45, 7) is 4.11. The van der Waals surface area contributed by atoms with Crippen molar-refractivity contribution in [2.24, 2.45) is 0 Å². The number of piperazine rings is 1. The van der Waals surface area contributed by atoms with Gasteiger partial charge in [0.25, 0.3) is 5.91 Å². The van der Waals surface area contributed by atoms with E-state index in [1.165, 1.54) is 0 Å². The minimum absolute atomic E-state index is 0.130.